The van der Waals surface area contributed by atoms with E-state index in [4.69, 9.17) is 12.2 Å². The van der Waals surface area contributed by atoms with E-state index >= 15 is 0 Å². The molecule has 0 fully saturated rings. The summed E-state index contributed by atoms with van der Waals surface area (Å²) < 4.78 is 0. The van der Waals surface area contributed by atoms with Crippen LogP contribution in [-0.2, 0) is 6.54 Å². The van der Waals surface area contributed by atoms with Crippen LogP contribution in [0.25, 0.3) is 0 Å². The Balaban J connectivity index is 2.89. The number of nitrogens with two attached hydrogens (primary N) is 1. The van der Waals surface area contributed by atoms with Crippen molar-refractivity contribution in [2.75, 3.05) is 11.9 Å². The van der Waals surface area contributed by atoms with Gasteiger partial charge in [-0.05, 0) is 13.0 Å². The SMILES string of the molecule is C#CCNc1nc(C)ccc1CN. The summed E-state index contributed by atoms with van der Waals surface area (Å²) in [5.74, 6) is 3.29. The normalized spacial score (nSPS) is 9.31. The number of hydrogen-bond acceptors (Lipinski definition) is 3. The van der Waals surface area contributed by atoms with Crippen molar-refractivity contribution in [3.05, 3.63) is 23.4 Å². The maximum absolute atomic E-state index is 5.54. The van der Waals surface area contributed by atoms with E-state index in [1.165, 1.54) is 0 Å². The monoisotopic (exact) mass is 175 g/mol. The predicted molar refractivity (Wildman–Crippen MR) is 54.2 cm³/mol. The van der Waals surface area contributed by atoms with E-state index in [0.717, 1.165) is 17.1 Å². The summed E-state index contributed by atoms with van der Waals surface area (Å²) in [4.78, 5) is 4.29. The van der Waals surface area contributed by atoms with Crippen molar-refractivity contribution in [1.82, 2.24) is 4.98 Å². The number of nitrogens with one attached hydrogen (secondary N) is 1. The quantitative estimate of drug-likeness (QED) is 0.671. The molecule has 0 amide bonds. The van der Waals surface area contributed by atoms with Gasteiger partial charge in [-0.2, -0.15) is 0 Å². The molecule has 0 aliphatic heterocycles. The van der Waals surface area contributed by atoms with E-state index in [0.29, 0.717) is 13.1 Å². The molecule has 1 aromatic rings. The van der Waals surface area contributed by atoms with Gasteiger partial charge in [0.05, 0.1) is 6.54 Å². The largest absolute Gasteiger partial charge is 0.359 e. The minimum atomic E-state index is 0.472. The number of hydrogen-bond donors (Lipinski definition) is 2. The van der Waals surface area contributed by atoms with Crippen molar-refractivity contribution < 1.29 is 0 Å². The molecule has 0 aliphatic rings. The molecule has 68 valence electrons. The van der Waals surface area contributed by atoms with Crippen LogP contribution in [0.4, 0.5) is 5.82 Å². The zero-order chi connectivity index (χ0) is 9.68. The lowest BCUT2D eigenvalue weighted by Crippen LogP contribution is -2.08. The molecule has 0 aliphatic carbocycles. The zero-order valence-electron chi connectivity index (χ0n) is 7.67. The number of nitrogens with zero attached hydrogens (tertiary/aromatic N) is 1. The van der Waals surface area contributed by atoms with Gasteiger partial charge in [-0.3, -0.25) is 0 Å². The lowest BCUT2D eigenvalue weighted by atomic mass is 10.2. The third-order valence-corrected chi connectivity index (χ3v) is 1.70. The molecule has 0 aromatic carbocycles. The molecule has 0 atom stereocenters. The second kappa shape index (κ2) is 4.48. The van der Waals surface area contributed by atoms with Gasteiger partial charge < -0.3 is 11.1 Å². The molecule has 0 bridgehead atoms. The fourth-order valence-corrected chi connectivity index (χ4v) is 1.04. The fourth-order valence-electron chi connectivity index (χ4n) is 1.04. The van der Waals surface area contributed by atoms with E-state index in [9.17, 15) is 0 Å². The van der Waals surface area contributed by atoms with Gasteiger partial charge in [0.2, 0.25) is 0 Å². The highest BCUT2D eigenvalue weighted by molar-refractivity contribution is 5.45. The van der Waals surface area contributed by atoms with Crippen LogP contribution in [0.3, 0.4) is 0 Å². The van der Waals surface area contributed by atoms with Crippen LogP contribution >= 0.6 is 0 Å². The lowest BCUT2D eigenvalue weighted by Gasteiger charge is -2.07. The Kier molecular flexibility index (Phi) is 3.30. The van der Waals surface area contributed by atoms with E-state index < -0.39 is 0 Å². The Hall–Kier alpha value is -1.53. The average molecular weight is 175 g/mol. The van der Waals surface area contributed by atoms with Crippen LogP contribution in [-0.4, -0.2) is 11.5 Å². The number of terminal acetylenes is 1. The van der Waals surface area contributed by atoms with Crippen LogP contribution in [0.15, 0.2) is 12.1 Å². The Morgan fingerprint density at radius 2 is 2.38 bits per heavy atom. The first-order valence-corrected chi connectivity index (χ1v) is 4.12. The number of anilines is 1. The molecule has 1 aromatic heterocycles. The fraction of sp³-hybridized carbons (Fsp3) is 0.300. The van der Waals surface area contributed by atoms with Crippen molar-refractivity contribution >= 4 is 5.82 Å². The highest BCUT2D eigenvalue weighted by Crippen LogP contribution is 2.11. The Labute approximate surface area is 78.4 Å². The number of pyridine rings is 1. The maximum Gasteiger partial charge on any atom is 0.131 e. The van der Waals surface area contributed by atoms with E-state index in [1.54, 1.807) is 0 Å². The molecule has 0 saturated heterocycles. The Bertz CT molecular complexity index is 325. The van der Waals surface area contributed by atoms with Gasteiger partial charge in [0.25, 0.3) is 0 Å². The minimum absolute atomic E-state index is 0.472. The summed E-state index contributed by atoms with van der Waals surface area (Å²) in [6.07, 6.45) is 5.13. The smallest absolute Gasteiger partial charge is 0.131 e. The van der Waals surface area contributed by atoms with Crippen LogP contribution < -0.4 is 11.1 Å². The maximum atomic E-state index is 5.54. The third-order valence-electron chi connectivity index (χ3n) is 1.70. The zero-order valence-corrected chi connectivity index (χ0v) is 7.67. The lowest BCUT2D eigenvalue weighted by molar-refractivity contribution is 1.03. The second-order valence-electron chi connectivity index (χ2n) is 2.72. The van der Waals surface area contributed by atoms with Crippen molar-refractivity contribution in [1.29, 1.82) is 0 Å². The summed E-state index contributed by atoms with van der Waals surface area (Å²) in [5, 5.41) is 3.03. The molecule has 3 nitrogen and oxygen atoms in total. The van der Waals surface area contributed by atoms with Crippen molar-refractivity contribution in [2.24, 2.45) is 5.73 Å². The summed E-state index contributed by atoms with van der Waals surface area (Å²) in [6.45, 7) is 2.88. The predicted octanol–water partition coefficient (Wildman–Crippen LogP) is 0.894. The van der Waals surface area contributed by atoms with E-state index in [1.807, 2.05) is 19.1 Å². The molecular weight excluding hydrogens is 162 g/mol. The summed E-state index contributed by atoms with van der Waals surface area (Å²) in [7, 11) is 0. The molecule has 13 heavy (non-hydrogen) atoms. The molecule has 1 heterocycles. The van der Waals surface area contributed by atoms with Gasteiger partial charge >= 0.3 is 0 Å². The molecular formula is C10H13N3. The van der Waals surface area contributed by atoms with Crippen molar-refractivity contribution in [3.8, 4) is 12.3 Å². The molecule has 3 N–H and O–H groups in total. The van der Waals surface area contributed by atoms with E-state index in [-0.39, 0.29) is 0 Å². The van der Waals surface area contributed by atoms with Crippen LogP contribution in [0.2, 0.25) is 0 Å². The first kappa shape index (κ1) is 9.56. The van der Waals surface area contributed by atoms with Crippen molar-refractivity contribution in [2.45, 2.75) is 13.5 Å². The van der Waals surface area contributed by atoms with Gasteiger partial charge in [0, 0.05) is 17.8 Å². The van der Waals surface area contributed by atoms with Crippen molar-refractivity contribution in [3.63, 3.8) is 0 Å². The average Bonchev–Trinajstić information content (AvgIpc) is 2.15. The third kappa shape index (κ3) is 2.46. The van der Waals surface area contributed by atoms with Crippen LogP contribution in [0.1, 0.15) is 11.3 Å². The summed E-state index contributed by atoms with van der Waals surface area (Å²) >= 11 is 0. The molecule has 0 radical (unpaired) electrons. The van der Waals surface area contributed by atoms with E-state index in [2.05, 4.69) is 16.2 Å². The van der Waals surface area contributed by atoms with Gasteiger partial charge in [-0.15, -0.1) is 6.42 Å². The second-order valence-corrected chi connectivity index (χ2v) is 2.72. The summed E-state index contributed by atoms with van der Waals surface area (Å²) in [5.41, 5.74) is 7.48. The highest BCUT2D eigenvalue weighted by atomic mass is 15.0. The number of aryl methyl sites for hydroxylation is 1. The molecule has 1 rings (SSSR count). The Morgan fingerprint density at radius 3 is 3.00 bits per heavy atom. The van der Waals surface area contributed by atoms with Gasteiger partial charge in [-0.25, -0.2) is 4.98 Å². The summed E-state index contributed by atoms with van der Waals surface area (Å²) in [6, 6.07) is 3.89. The first-order chi connectivity index (χ1) is 6.27. The number of aromatic nitrogens is 1. The molecule has 0 saturated carbocycles. The standard InChI is InChI=1S/C10H13N3/c1-3-6-12-10-9(7-11)5-4-8(2)13-10/h1,4-5H,6-7,11H2,2H3,(H,12,13). The van der Waals surface area contributed by atoms with Gasteiger partial charge in [0.15, 0.2) is 0 Å². The molecule has 0 spiro atoms. The van der Waals surface area contributed by atoms with Crippen LogP contribution in [0.5, 0.6) is 0 Å². The first-order valence-electron chi connectivity index (χ1n) is 4.12. The minimum Gasteiger partial charge on any atom is -0.359 e. The van der Waals surface area contributed by atoms with Gasteiger partial charge in [0.1, 0.15) is 5.82 Å². The topological polar surface area (TPSA) is 50.9 Å². The van der Waals surface area contributed by atoms with Gasteiger partial charge in [-0.1, -0.05) is 12.0 Å². The highest BCUT2D eigenvalue weighted by Gasteiger charge is 2.00. The molecule has 3 heteroatoms. The van der Waals surface area contributed by atoms with Crippen LogP contribution in [0, 0.1) is 19.3 Å². The molecule has 0 unspecified atom stereocenters. The Morgan fingerprint density at radius 1 is 1.62 bits per heavy atom. The number of rotatable bonds is 3.